The van der Waals surface area contributed by atoms with Crippen LogP contribution in [0.2, 0.25) is 0 Å². The number of ether oxygens (including phenoxy) is 1. The van der Waals surface area contributed by atoms with Crippen LogP contribution in [0.15, 0.2) is 42.5 Å². The Morgan fingerprint density at radius 1 is 1.20 bits per heavy atom. The van der Waals surface area contributed by atoms with Gasteiger partial charge < -0.3 is 9.64 Å². The van der Waals surface area contributed by atoms with Crippen molar-refractivity contribution in [3.63, 3.8) is 0 Å². The molecule has 1 aromatic heterocycles. The van der Waals surface area contributed by atoms with E-state index in [2.05, 4.69) is 9.88 Å². The van der Waals surface area contributed by atoms with E-state index in [-0.39, 0.29) is 5.78 Å². The summed E-state index contributed by atoms with van der Waals surface area (Å²) in [5.41, 5.74) is 2.74. The molecule has 0 atom stereocenters. The summed E-state index contributed by atoms with van der Waals surface area (Å²) >= 11 is 0. The van der Waals surface area contributed by atoms with Crippen LogP contribution >= 0.6 is 0 Å². The molecule has 0 unspecified atom stereocenters. The Morgan fingerprint density at radius 2 is 2.05 bits per heavy atom. The summed E-state index contributed by atoms with van der Waals surface area (Å²) in [5, 5.41) is 0. The highest BCUT2D eigenvalue weighted by Gasteiger charge is 2.22. The van der Waals surface area contributed by atoms with Crippen molar-refractivity contribution >= 4 is 11.5 Å². The molecule has 0 radical (unpaired) electrons. The number of methoxy groups -OCH3 is 1. The topological polar surface area (TPSA) is 42.4 Å². The number of hydrogen-bond donors (Lipinski definition) is 0. The van der Waals surface area contributed by atoms with Gasteiger partial charge in [0.15, 0.2) is 5.78 Å². The van der Waals surface area contributed by atoms with Crippen LogP contribution in [0.5, 0.6) is 5.88 Å². The fourth-order valence-electron chi connectivity index (χ4n) is 2.50. The Kier molecular flexibility index (Phi) is 3.37. The summed E-state index contributed by atoms with van der Waals surface area (Å²) in [6.45, 7) is 1.41. The molecule has 0 spiro atoms. The Balaban J connectivity index is 1.88. The van der Waals surface area contributed by atoms with Crippen molar-refractivity contribution in [1.29, 1.82) is 0 Å². The zero-order valence-corrected chi connectivity index (χ0v) is 11.4. The lowest BCUT2D eigenvalue weighted by Gasteiger charge is -2.30. The van der Waals surface area contributed by atoms with Crippen molar-refractivity contribution in [2.45, 2.75) is 13.0 Å². The van der Waals surface area contributed by atoms with Gasteiger partial charge >= 0.3 is 0 Å². The Hall–Kier alpha value is -2.36. The molecule has 0 bridgehead atoms. The van der Waals surface area contributed by atoms with Crippen LogP contribution in [-0.4, -0.2) is 24.4 Å². The van der Waals surface area contributed by atoms with Gasteiger partial charge in [-0.3, -0.25) is 4.79 Å². The first-order valence-electron chi connectivity index (χ1n) is 6.65. The van der Waals surface area contributed by atoms with Crippen LogP contribution in [0.1, 0.15) is 22.5 Å². The molecule has 0 N–H and O–H groups in total. The first-order chi connectivity index (χ1) is 9.78. The maximum atomic E-state index is 11.9. The predicted molar refractivity (Wildman–Crippen MR) is 77.2 cm³/mol. The van der Waals surface area contributed by atoms with Gasteiger partial charge in [0.1, 0.15) is 0 Å². The van der Waals surface area contributed by atoms with E-state index >= 15 is 0 Å². The predicted octanol–water partition coefficient (Wildman–Crippen LogP) is 2.68. The largest absolute Gasteiger partial charge is 0.481 e. The third-order valence-corrected chi connectivity index (χ3v) is 3.50. The number of aromatic nitrogens is 1. The van der Waals surface area contributed by atoms with Gasteiger partial charge in [-0.1, -0.05) is 18.2 Å². The first-order valence-corrected chi connectivity index (χ1v) is 6.65. The van der Waals surface area contributed by atoms with Gasteiger partial charge in [0.05, 0.1) is 19.3 Å². The molecule has 20 heavy (non-hydrogen) atoms. The SMILES string of the molecule is COc1cccc(CN2CCC(=O)c3ccccc32)n1. The molecule has 0 fully saturated rings. The third kappa shape index (κ3) is 2.37. The zero-order chi connectivity index (χ0) is 13.9. The summed E-state index contributed by atoms with van der Waals surface area (Å²) in [4.78, 5) is 18.5. The fourth-order valence-corrected chi connectivity index (χ4v) is 2.50. The Labute approximate surface area is 118 Å². The monoisotopic (exact) mass is 268 g/mol. The van der Waals surface area contributed by atoms with Gasteiger partial charge in [0, 0.05) is 30.3 Å². The summed E-state index contributed by atoms with van der Waals surface area (Å²) in [6.07, 6.45) is 0.557. The highest BCUT2D eigenvalue weighted by Crippen LogP contribution is 2.28. The van der Waals surface area contributed by atoms with Gasteiger partial charge in [0.25, 0.3) is 0 Å². The minimum atomic E-state index is 0.218. The van der Waals surface area contributed by atoms with E-state index in [1.165, 1.54) is 0 Å². The van der Waals surface area contributed by atoms with Crippen LogP contribution in [0, 0.1) is 0 Å². The lowest BCUT2D eigenvalue weighted by atomic mass is 10.0. The molecule has 0 aliphatic carbocycles. The van der Waals surface area contributed by atoms with Crippen LogP contribution in [0.4, 0.5) is 5.69 Å². The highest BCUT2D eigenvalue weighted by molar-refractivity contribution is 6.03. The number of ketones is 1. The summed E-state index contributed by atoms with van der Waals surface area (Å²) in [6, 6.07) is 13.5. The molecule has 3 rings (SSSR count). The molecule has 0 saturated carbocycles. The van der Waals surface area contributed by atoms with E-state index in [0.717, 1.165) is 23.5 Å². The van der Waals surface area contributed by atoms with Crippen molar-refractivity contribution < 1.29 is 9.53 Å². The van der Waals surface area contributed by atoms with Gasteiger partial charge in [-0.15, -0.1) is 0 Å². The summed E-state index contributed by atoms with van der Waals surface area (Å²) < 4.78 is 5.15. The summed E-state index contributed by atoms with van der Waals surface area (Å²) in [7, 11) is 1.61. The van der Waals surface area contributed by atoms with Gasteiger partial charge in [-0.2, -0.15) is 0 Å². The number of rotatable bonds is 3. The fraction of sp³-hybridized carbons (Fsp3) is 0.250. The molecule has 1 aliphatic heterocycles. The molecule has 4 nitrogen and oxygen atoms in total. The van der Waals surface area contributed by atoms with Gasteiger partial charge in [-0.05, 0) is 18.2 Å². The van der Waals surface area contributed by atoms with Gasteiger partial charge in [-0.25, -0.2) is 4.98 Å². The molecular weight excluding hydrogens is 252 g/mol. The number of para-hydroxylation sites is 1. The van der Waals surface area contributed by atoms with Crippen molar-refractivity contribution in [1.82, 2.24) is 4.98 Å². The van der Waals surface area contributed by atoms with Crippen LogP contribution < -0.4 is 9.64 Å². The summed E-state index contributed by atoms with van der Waals surface area (Å²) in [5.74, 6) is 0.833. The quantitative estimate of drug-likeness (QED) is 0.858. The normalized spacial score (nSPS) is 14.1. The number of benzene rings is 1. The molecule has 102 valence electrons. The van der Waals surface area contributed by atoms with Crippen molar-refractivity contribution in [2.75, 3.05) is 18.6 Å². The molecule has 4 heteroatoms. The molecular formula is C16H16N2O2. The van der Waals surface area contributed by atoms with Crippen LogP contribution in [0.3, 0.4) is 0 Å². The molecule has 1 aromatic carbocycles. The van der Waals surface area contributed by atoms with E-state index in [0.29, 0.717) is 18.8 Å². The maximum Gasteiger partial charge on any atom is 0.213 e. The van der Waals surface area contributed by atoms with E-state index in [4.69, 9.17) is 4.74 Å². The number of carbonyl (C=O) groups is 1. The average molecular weight is 268 g/mol. The molecule has 2 aromatic rings. The van der Waals surface area contributed by atoms with Crippen molar-refractivity contribution in [3.05, 3.63) is 53.7 Å². The lowest BCUT2D eigenvalue weighted by Crippen LogP contribution is -2.31. The molecule has 0 saturated heterocycles. The number of anilines is 1. The Bertz CT molecular complexity index is 640. The number of hydrogen-bond acceptors (Lipinski definition) is 4. The van der Waals surface area contributed by atoms with Gasteiger partial charge in [0.2, 0.25) is 5.88 Å². The zero-order valence-electron chi connectivity index (χ0n) is 11.4. The smallest absolute Gasteiger partial charge is 0.213 e. The van der Waals surface area contributed by atoms with E-state index in [1.807, 2.05) is 42.5 Å². The molecule has 2 heterocycles. The number of carbonyl (C=O) groups excluding carboxylic acids is 1. The lowest BCUT2D eigenvalue weighted by molar-refractivity contribution is 0.0979. The number of Topliss-reactive ketones (excluding diaryl/α,β-unsaturated/α-hetero) is 1. The standard InChI is InChI=1S/C16H16N2O2/c1-20-16-8-4-5-12(17-16)11-18-10-9-15(19)13-6-2-3-7-14(13)18/h2-8H,9-11H2,1H3. The van der Waals surface area contributed by atoms with Crippen molar-refractivity contribution in [3.8, 4) is 5.88 Å². The number of nitrogens with zero attached hydrogens (tertiary/aromatic N) is 2. The highest BCUT2D eigenvalue weighted by atomic mass is 16.5. The Morgan fingerprint density at radius 3 is 2.90 bits per heavy atom. The number of pyridine rings is 1. The molecule has 1 aliphatic rings. The minimum Gasteiger partial charge on any atom is -0.481 e. The van der Waals surface area contributed by atoms with E-state index in [1.54, 1.807) is 7.11 Å². The molecule has 0 amide bonds. The van der Waals surface area contributed by atoms with Crippen LogP contribution in [0.25, 0.3) is 0 Å². The average Bonchev–Trinajstić information content (AvgIpc) is 2.51. The number of fused-ring (bicyclic) bond motifs is 1. The van der Waals surface area contributed by atoms with Crippen LogP contribution in [-0.2, 0) is 6.54 Å². The second kappa shape index (κ2) is 5.33. The second-order valence-corrected chi connectivity index (χ2v) is 4.78. The second-order valence-electron chi connectivity index (χ2n) is 4.78. The maximum absolute atomic E-state index is 11.9. The van der Waals surface area contributed by atoms with E-state index in [9.17, 15) is 4.79 Å². The third-order valence-electron chi connectivity index (χ3n) is 3.50. The van der Waals surface area contributed by atoms with Crippen molar-refractivity contribution in [2.24, 2.45) is 0 Å². The first kappa shape index (κ1) is 12.7. The van der Waals surface area contributed by atoms with E-state index < -0.39 is 0 Å². The minimum absolute atomic E-state index is 0.218.